The maximum absolute atomic E-state index is 11.7. The van der Waals surface area contributed by atoms with Crippen molar-refractivity contribution in [1.29, 1.82) is 0 Å². The summed E-state index contributed by atoms with van der Waals surface area (Å²) >= 11 is 0. The number of piperazine rings is 1. The van der Waals surface area contributed by atoms with Crippen LogP contribution in [-0.2, 0) is 11.2 Å². The molecular weight excluding hydrogens is 388 g/mol. The van der Waals surface area contributed by atoms with Crippen LogP contribution in [0.2, 0.25) is 0 Å². The first-order valence-electron chi connectivity index (χ1n) is 11.0. The molecule has 0 aliphatic carbocycles. The highest BCUT2D eigenvalue weighted by Crippen LogP contribution is 2.32. The monoisotopic (exact) mass is 422 g/mol. The predicted molar refractivity (Wildman–Crippen MR) is 120 cm³/mol. The summed E-state index contributed by atoms with van der Waals surface area (Å²) in [5, 5.41) is 13.6. The number of β-amino-alcohol motifs (C(OH)–C–C–N with tert-alkyl or cyclic N) is 1. The second-order valence-corrected chi connectivity index (χ2v) is 8.51. The zero-order chi connectivity index (χ0) is 19.3. The molecule has 6 nitrogen and oxygen atoms in total. The van der Waals surface area contributed by atoms with Crippen LogP contribution in [0.5, 0.6) is 0 Å². The Balaban J connectivity index is 0.00000240. The number of nitrogens with zero attached hydrogens (tertiary/aromatic N) is 3. The number of nitrogens with one attached hydrogen (secondary N) is 1. The van der Waals surface area contributed by atoms with Crippen molar-refractivity contribution < 1.29 is 9.90 Å². The Morgan fingerprint density at radius 2 is 1.55 bits per heavy atom. The number of amides is 1. The van der Waals surface area contributed by atoms with E-state index in [0.717, 1.165) is 64.5 Å². The summed E-state index contributed by atoms with van der Waals surface area (Å²) in [5.41, 5.74) is 3.52. The lowest BCUT2D eigenvalue weighted by molar-refractivity contribution is -0.116. The first-order chi connectivity index (χ1) is 13.7. The average Bonchev–Trinajstić information content (AvgIpc) is 2.96. The smallest absolute Gasteiger partial charge is 0.224 e. The molecule has 0 spiro atoms. The number of halogens is 1. The largest absolute Gasteiger partial charge is 0.390 e. The van der Waals surface area contributed by atoms with Gasteiger partial charge in [-0.2, -0.15) is 0 Å². The van der Waals surface area contributed by atoms with Crippen LogP contribution in [0.25, 0.3) is 0 Å². The van der Waals surface area contributed by atoms with Crippen LogP contribution in [0.3, 0.4) is 0 Å². The number of hydrogen-bond acceptors (Lipinski definition) is 5. The SMILES string of the molecule is Cl.O=C1CCc2c(cccc2N2CCN(CC(O)CN3CCCCCC3)CC2)N1. The Morgan fingerprint density at radius 1 is 0.897 bits per heavy atom. The maximum Gasteiger partial charge on any atom is 0.224 e. The first-order valence-corrected chi connectivity index (χ1v) is 11.0. The molecule has 3 heterocycles. The van der Waals surface area contributed by atoms with E-state index in [2.05, 4.69) is 26.1 Å². The highest BCUT2D eigenvalue weighted by Gasteiger charge is 2.25. The zero-order valence-electron chi connectivity index (χ0n) is 17.3. The molecule has 1 aromatic carbocycles. The van der Waals surface area contributed by atoms with Gasteiger partial charge in [0.15, 0.2) is 0 Å². The van der Waals surface area contributed by atoms with Crippen molar-refractivity contribution in [1.82, 2.24) is 9.80 Å². The third-order valence-corrected chi connectivity index (χ3v) is 6.38. The van der Waals surface area contributed by atoms with E-state index in [1.165, 1.54) is 36.9 Å². The Labute approximate surface area is 180 Å². The van der Waals surface area contributed by atoms with Crippen LogP contribution in [0, 0.1) is 0 Å². The molecule has 162 valence electrons. The van der Waals surface area contributed by atoms with Crippen LogP contribution in [-0.4, -0.2) is 79.3 Å². The van der Waals surface area contributed by atoms with Gasteiger partial charge in [0.25, 0.3) is 0 Å². The van der Waals surface area contributed by atoms with Gasteiger partial charge in [-0.3, -0.25) is 9.69 Å². The van der Waals surface area contributed by atoms with E-state index in [9.17, 15) is 9.90 Å². The molecule has 2 fully saturated rings. The number of carbonyl (C=O) groups excluding carboxylic acids is 1. The Hall–Kier alpha value is -1.34. The molecule has 2 saturated heterocycles. The van der Waals surface area contributed by atoms with Crippen LogP contribution in [0.4, 0.5) is 11.4 Å². The second-order valence-electron chi connectivity index (χ2n) is 8.51. The number of benzene rings is 1. The van der Waals surface area contributed by atoms with Gasteiger partial charge in [0.2, 0.25) is 5.91 Å². The number of carbonyl (C=O) groups is 1. The first kappa shape index (κ1) is 22.3. The Morgan fingerprint density at radius 3 is 2.24 bits per heavy atom. The van der Waals surface area contributed by atoms with E-state index < -0.39 is 0 Å². The quantitative estimate of drug-likeness (QED) is 0.762. The van der Waals surface area contributed by atoms with Gasteiger partial charge in [0.1, 0.15) is 0 Å². The molecule has 1 atom stereocenters. The summed E-state index contributed by atoms with van der Waals surface area (Å²) in [7, 11) is 0. The third kappa shape index (κ3) is 5.85. The number of likely N-dealkylation sites (tertiary alicyclic amines) is 1. The van der Waals surface area contributed by atoms with Gasteiger partial charge in [0, 0.05) is 57.1 Å². The normalized spacial score (nSPS) is 22.2. The maximum atomic E-state index is 11.7. The van der Waals surface area contributed by atoms with Crippen molar-refractivity contribution in [2.45, 2.75) is 44.6 Å². The number of hydrogen-bond donors (Lipinski definition) is 2. The minimum absolute atomic E-state index is 0. The molecule has 3 aliphatic heterocycles. The Kier molecular flexibility index (Phi) is 8.18. The van der Waals surface area contributed by atoms with Gasteiger partial charge >= 0.3 is 0 Å². The predicted octanol–water partition coefficient (Wildman–Crippen LogP) is 2.35. The fraction of sp³-hybridized carbons (Fsp3) is 0.682. The van der Waals surface area contributed by atoms with Crippen molar-refractivity contribution in [2.24, 2.45) is 0 Å². The molecule has 1 aromatic rings. The summed E-state index contributed by atoms with van der Waals surface area (Å²) in [4.78, 5) is 18.9. The fourth-order valence-electron chi connectivity index (χ4n) is 4.85. The third-order valence-electron chi connectivity index (χ3n) is 6.38. The molecule has 1 amide bonds. The van der Waals surface area contributed by atoms with Crippen LogP contribution in [0.1, 0.15) is 37.7 Å². The molecule has 29 heavy (non-hydrogen) atoms. The summed E-state index contributed by atoms with van der Waals surface area (Å²) in [6.45, 7) is 7.77. The van der Waals surface area contributed by atoms with Gasteiger partial charge in [-0.15, -0.1) is 12.4 Å². The van der Waals surface area contributed by atoms with Crippen molar-refractivity contribution in [2.75, 3.05) is 62.6 Å². The molecule has 2 N–H and O–H groups in total. The summed E-state index contributed by atoms with van der Waals surface area (Å²) in [5.74, 6) is 0.118. The number of rotatable bonds is 5. The molecule has 1 unspecified atom stereocenters. The Bertz CT molecular complexity index is 671. The number of aliphatic hydroxyl groups excluding tert-OH is 1. The molecular formula is C22H35ClN4O2. The molecule has 3 aliphatic rings. The molecule has 0 radical (unpaired) electrons. The van der Waals surface area contributed by atoms with E-state index in [4.69, 9.17) is 0 Å². The van der Waals surface area contributed by atoms with Crippen LogP contribution >= 0.6 is 12.4 Å². The van der Waals surface area contributed by atoms with E-state index in [-0.39, 0.29) is 24.4 Å². The number of aliphatic hydroxyl groups is 1. The average molecular weight is 423 g/mol. The van der Waals surface area contributed by atoms with Crippen molar-refractivity contribution in [3.8, 4) is 0 Å². The van der Waals surface area contributed by atoms with Crippen LogP contribution in [0.15, 0.2) is 18.2 Å². The molecule has 4 rings (SSSR count). The van der Waals surface area contributed by atoms with Gasteiger partial charge in [-0.1, -0.05) is 18.9 Å². The second kappa shape index (κ2) is 10.6. The topological polar surface area (TPSA) is 59.1 Å². The molecule has 0 bridgehead atoms. The number of fused-ring (bicyclic) bond motifs is 1. The van der Waals surface area contributed by atoms with Crippen LogP contribution < -0.4 is 10.2 Å². The molecule has 0 aromatic heterocycles. The van der Waals surface area contributed by atoms with Gasteiger partial charge < -0.3 is 20.2 Å². The molecule has 7 heteroatoms. The lowest BCUT2D eigenvalue weighted by atomic mass is 10.00. The lowest BCUT2D eigenvalue weighted by Crippen LogP contribution is -2.50. The standard InChI is InChI=1S/C22H34N4O2.ClH/c27-18(16-24-10-3-1-2-4-11-24)17-25-12-14-26(15-13-25)21-7-5-6-20-19(21)8-9-22(28)23-20;/h5-7,18,27H,1-4,8-17H2,(H,23,28);1H. The summed E-state index contributed by atoms with van der Waals surface area (Å²) in [6, 6.07) is 6.22. The zero-order valence-corrected chi connectivity index (χ0v) is 18.1. The van der Waals surface area contributed by atoms with Gasteiger partial charge in [-0.05, 0) is 50.0 Å². The van der Waals surface area contributed by atoms with Crippen molar-refractivity contribution >= 4 is 29.7 Å². The van der Waals surface area contributed by atoms with Gasteiger partial charge in [-0.25, -0.2) is 0 Å². The number of anilines is 2. The fourth-order valence-corrected chi connectivity index (χ4v) is 4.85. The highest BCUT2D eigenvalue weighted by molar-refractivity contribution is 5.95. The van der Waals surface area contributed by atoms with E-state index in [1.54, 1.807) is 0 Å². The minimum atomic E-state index is -0.260. The lowest BCUT2D eigenvalue weighted by Gasteiger charge is -2.38. The summed E-state index contributed by atoms with van der Waals surface area (Å²) < 4.78 is 0. The van der Waals surface area contributed by atoms with Crippen molar-refractivity contribution in [3.63, 3.8) is 0 Å². The minimum Gasteiger partial charge on any atom is -0.390 e. The highest BCUT2D eigenvalue weighted by atomic mass is 35.5. The summed E-state index contributed by atoms with van der Waals surface area (Å²) in [6.07, 6.45) is 6.35. The van der Waals surface area contributed by atoms with Crippen molar-refractivity contribution in [3.05, 3.63) is 23.8 Å². The van der Waals surface area contributed by atoms with Gasteiger partial charge in [0.05, 0.1) is 6.10 Å². The molecule has 0 saturated carbocycles. The van der Waals surface area contributed by atoms with E-state index in [1.807, 2.05) is 12.1 Å². The van der Waals surface area contributed by atoms with E-state index >= 15 is 0 Å². The van der Waals surface area contributed by atoms with E-state index in [0.29, 0.717) is 6.42 Å².